The van der Waals surface area contributed by atoms with Crippen molar-refractivity contribution < 1.29 is 17.9 Å². The molecule has 0 aliphatic carbocycles. The molecule has 0 saturated carbocycles. The van der Waals surface area contributed by atoms with Gasteiger partial charge in [-0.15, -0.1) is 24.0 Å². The van der Waals surface area contributed by atoms with Crippen LogP contribution in [0.25, 0.3) is 0 Å². The molecule has 0 spiro atoms. The zero-order chi connectivity index (χ0) is 18.2. The van der Waals surface area contributed by atoms with Gasteiger partial charge in [0.2, 0.25) is 0 Å². The van der Waals surface area contributed by atoms with Crippen LogP contribution in [0.2, 0.25) is 0 Å². The van der Waals surface area contributed by atoms with Crippen LogP contribution in [-0.4, -0.2) is 50.6 Å². The minimum atomic E-state index is -3.02. The van der Waals surface area contributed by atoms with Crippen molar-refractivity contribution in [2.24, 2.45) is 4.99 Å². The molecule has 0 aromatic heterocycles. The lowest BCUT2D eigenvalue weighted by molar-refractivity contribution is 0.182. The smallest absolute Gasteiger partial charge is 0.191 e. The Labute approximate surface area is 166 Å². The van der Waals surface area contributed by atoms with E-state index in [1.54, 1.807) is 12.1 Å². The summed E-state index contributed by atoms with van der Waals surface area (Å²) in [4.78, 5) is 4.24. The Morgan fingerprint density at radius 2 is 2.00 bits per heavy atom. The number of halogens is 2. The predicted molar refractivity (Wildman–Crippen MR) is 110 cm³/mol. The second-order valence-corrected chi connectivity index (χ2v) is 7.98. The standard InChI is InChI=1S/C16H26FN3O3S.HI/c1-4-18-16(20-12(2)9-10-24(3,22)23)19-11-15(21)13-7-5-6-8-14(13)17;/h5-8,12,15,21H,4,9-11H2,1-3H3,(H2,18,19,20);1H. The van der Waals surface area contributed by atoms with Gasteiger partial charge in [-0.1, -0.05) is 18.2 Å². The summed E-state index contributed by atoms with van der Waals surface area (Å²) in [6.45, 7) is 4.35. The van der Waals surface area contributed by atoms with Gasteiger partial charge < -0.3 is 15.7 Å². The first kappa shape index (κ1) is 24.1. The van der Waals surface area contributed by atoms with Gasteiger partial charge in [0.05, 0.1) is 12.3 Å². The topological polar surface area (TPSA) is 90.8 Å². The molecule has 25 heavy (non-hydrogen) atoms. The minimum Gasteiger partial charge on any atom is -0.386 e. The van der Waals surface area contributed by atoms with E-state index in [1.165, 1.54) is 18.4 Å². The van der Waals surface area contributed by atoms with Crippen molar-refractivity contribution in [2.45, 2.75) is 32.4 Å². The number of aliphatic hydroxyl groups excluding tert-OH is 1. The summed E-state index contributed by atoms with van der Waals surface area (Å²) in [6.07, 6.45) is 0.594. The van der Waals surface area contributed by atoms with Crippen LogP contribution in [0, 0.1) is 5.82 Å². The number of sulfone groups is 1. The van der Waals surface area contributed by atoms with E-state index >= 15 is 0 Å². The van der Waals surface area contributed by atoms with Gasteiger partial charge in [0.1, 0.15) is 21.8 Å². The Morgan fingerprint density at radius 3 is 2.56 bits per heavy atom. The Balaban J connectivity index is 0.00000576. The van der Waals surface area contributed by atoms with Crippen molar-refractivity contribution >= 4 is 39.8 Å². The lowest BCUT2D eigenvalue weighted by atomic mass is 10.1. The van der Waals surface area contributed by atoms with Crippen molar-refractivity contribution in [1.29, 1.82) is 0 Å². The lowest BCUT2D eigenvalue weighted by Gasteiger charge is -2.18. The molecular formula is C16H27FIN3O3S. The number of aliphatic imine (C=N–C) groups is 1. The van der Waals surface area contributed by atoms with Gasteiger partial charge in [0, 0.05) is 24.4 Å². The third-order valence-corrected chi connectivity index (χ3v) is 4.31. The fraction of sp³-hybridized carbons (Fsp3) is 0.562. The minimum absolute atomic E-state index is 0. The third kappa shape index (κ3) is 9.95. The second-order valence-electron chi connectivity index (χ2n) is 5.72. The van der Waals surface area contributed by atoms with E-state index in [0.717, 1.165) is 0 Å². The Hall–Kier alpha value is -0.940. The van der Waals surface area contributed by atoms with E-state index in [-0.39, 0.29) is 47.9 Å². The first-order valence-corrected chi connectivity index (χ1v) is 9.94. The average Bonchev–Trinajstić information content (AvgIpc) is 2.50. The molecule has 1 rings (SSSR count). The predicted octanol–water partition coefficient (Wildman–Crippen LogP) is 1.86. The highest BCUT2D eigenvalue weighted by atomic mass is 127. The molecule has 1 aromatic rings. The quantitative estimate of drug-likeness (QED) is 0.296. The summed E-state index contributed by atoms with van der Waals surface area (Å²) in [7, 11) is -3.02. The molecule has 0 fully saturated rings. The molecule has 0 aliphatic rings. The Morgan fingerprint density at radius 1 is 1.36 bits per heavy atom. The monoisotopic (exact) mass is 487 g/mol. The molecule has 0 amide bonds. The van der Waals surface area contributed by atoms with Gasteiger partial charge in [-0.3, -0.25) is 4.99 Å². The molecule has 0 saturated heterocycles. The normalized spacial score (nSPS) is 14.4. The molecule has 0 aliphatic heterocycles. The van der Waals surface area contributed by atoms with E-state index in [0.29, 0.717) is 18.9 Å². The van der Waals surface area contributed by atoms with Crippen molar-refractivity contribution in [3.8, 4) is 0 Å². The molecule has 0 bridgehead atoms. The summed E-state index contributed by atoms with van der Waals surface area (Å²) < 4.78 is 36.1. The van der Waals surface area contributed by atoms with Gasteiger partial charge in [-0.25, -0.2) is 12.8 Å². The number of guanidine groups is 1. The van der Waals surface area contributed by atoms with Crippen molar-refractivity contribution in [3.63, 3.8) is 0 Å². The average molecular weight is 487 g/mol. The molecule has 6 nitrogen and oxygen atoms in total. The summed E-state index contributed by atoms with van der Waals surface area (Å²) in [5, 5.41) is 16.2. The van der Waals surface area contributed by atoms with Crippen LogP contribution in [0.4, 0.5) is 4.39 Å². The number of nitrogens with one attached hydrogen (secondary N) is 2. The van der Waals surface area contributed by atoms with Crippen molar-refractivity contribution in [1.82, 2.24) is 10.6 Å². The number of hydrogen-bond acceptors (Lipinski definition) is 4. The molecule has 0 heterocycles. The van der Waals surface area contributed by atoms with E-state index in [4.69, 9.17) is 0 Å². The van der Waals surface area contributed by atoms with Crippen LogP contribution >= 0.6 is 24.0 Å². The van der Waals surface area contributed by atoms with E-state index in [1.807, 2.05) is 13.8 Å². The maximum atomic E-state index is 13.6. The lowest BCUT2D eigenvalue weighted by Crippen LogP contribution is -2.43. The number of aliphatic hydroxyl groups is 1. The molecule has 0 radical (unpaired) electrons. The second kappa shape index (κ2) is 11.6. The summed E-state index contributed by atoms with van der Waals surface area (Å²) in [6, 6.07) is 5.92. The van der Waals surface area contributed by atoms with Gasteiger partial charge in [0.25, 0.3) is 0 Å². The molecule has 1 aromatic carbocycles. The summed E-state index contributed by atoms with van der Waals surface area (Å²) in [5.74, 6) is 0.0619. The first-order valence-electron chi connectivity index (χ1n) is 7.88. The fourth-order valence-corrected chi connectivity index (χ4v) is 2.82. The molecule has 144 valence electrons. The number of nitrogens with zero attached hydrogens (tertiary/aromatic N) is 1. The SMILES string of the molecule is CCNC(=NCC(O)c1ccccc1F)NC(C)CCS(C)(=O)=O.I. The highest BCUT2D eigenvalue weighted by molar-refractivity contribution is 14.0. The molecule has 9 heteroatoms. The van der Waals surface area contributed by atoms with Crippen LogP contribution in [0.5, 0.6) is 0 Å². The first-order chi connectivity index (χ1) is 11.2. The Bertz CT molecular complexity index is 656. The summed E-state index contributed by atoms with van der Waals surface area (Å²) >= 11 is 0. The number of rotatable bonds is 8. The fourth-order valence-electron chi connectivity index (χ4n) is 2.04. The van der Waals surface area contributed by atoms with Crippen LogP contribution in [0.3, 0.4) is 0 Å². The molecule has 2 unspecified atom stereocenters. The van der Waals surface area contributed by atoms with Gasteiger partial charge in [-0.05, 0) is 26.3 Å². The largest absolute Gasteiger partial charge is 0.386 e. The highest BCUT2D eigenvalue weighted by Gasteiger charge is 2.13. The van der Waals surface area contributed by atoms with Crippen LogP contribution < -0.4 is 10.6 Å². The maximum absolute atomic E-state index is 13.6. The Kier molecular flexibility index (Phi) is 11.2. The maximum Gasteiger partial charge on any atom is 0.191 e. The molecule has 2 atom stereocenters. The van der Waals surface area contributed by atoms with Gasteiger partial charge in [0.15, 0.2) is 5.96 Å². The number of hydrogen-bond donors (Lipinski definition) is 3. The summed E-state index contributed by atoms with van der Waals surface area (Å²) in [5.41, 5.74) is 0.197. The van der Waals surface area contributed by atoms with Gasteiger partial charge in [-0.2, -0.15) is 0 Å². The molecule has 3 N–H and O–H groups in total. The van der Waals surface area contributed by atoms with Crippen molar-refractivity contribution in [3.05, 3.63) is 35.6 Å². The van der Waals surface area contributed by atoms with Crippen LogP contribution in [0.15, 0.2) is 29.3 Å². The van der Waals surface area contributed by atoms with Crippen molar-refractivity contribution in [2.75, 3.05) is 25.1 Å². The zero-order valence-corrected chi connectivity index (χ0v) is 17.8. The van der Waals surface area contributed by atoms with Crippen LogP contribution in [0.1, 0.15) is 31.9 Å². The van der Waals surface area contributed by atoms with Crippen LogP contribution in [-0.2, 0) is 9.84 Å². The number of benzene rings is 1. The zero-order valence-electron chi connectivity index (χ0n) is 14.7. The van der Waals surface area contributed by atoms with E-state index in [9.17, 15) is 17.9 Å². The van der Waals surface area contributed by atoms with E-state index in [2.05, 4.69) is 15.6 Å². The molecular weight excluding hydrogens is 460 g/mol. The van der Waals surface area contributed by atoms with Gasteiger partial charge >= 0.3 is 0 Å². The highest BCUT2D eigenvalue weighted by Crippen LogP contribution is 2.16. The van der Waals surface area contributed by atoms with E-state index < -0.39 is 21.8 Å². The third-order valence-electron chi connectivity index (χ3n) is 3.34.